The molecule has 2 aliphatic heterocycles. The van der Waals surface area contributed by atoms with E-state index in [0.717, 1.165) is 5.56 Å². The largest absolute Gasteiger partial charge is 0.336 e. The number of hydrogen-bond acceptors (Lipinski definition) is 5. The first-order valence-corrected chi connectivity index (χ1v) is 10.2. The molecule has 0 saturated carbocycles. The molecule has 0 bridgehead atoms. The van der Waals surface area contributed by atoms with Crippen LogP contribution in [0.4, 0.5) is 4.39 Å². The third kappa shape index (κ3) is 4.09. The van der Waals surface area contributed by atoms with Crippen LogP contribution in [0.5, 0.6) is 0 Å². The van der Waals surface area contributed by atoms with Gasteiger partial charge in [0, 0.05) is 26.4 Å². The lowest BCUT2D eigenvalue weighted by Crippen LogP contribution is -2.44. The van der Waals surface area contributed by atoms with Crippen LogP contribution in [-0.2, 0) is 26.0 Å². The zero-order valence-electron chi connectivity index (χ0n) is 14.4. The number of hydrazone groups is 1. The summed E-state index contributed by atoms with van der Waals surface area (Å²) in [6.45, 7) is 0.282. The van der Waals surface area contributed by atoms with Crippen LogP contribution in [0.3, 0.4) is 0 Å². The van der Waals surface area contributed by atoms with Crippen molar-refractivity contribution in [1.82, 2.24) is 9.91 Å². The third-order valence-electron chi connectivity index (χ3n) is 4.54. The number of amides is 2. The highest BCUT2D eigenvalue weighted by atomic mass is 32.2. The maximum absolute atomic E-state index is 13.0. The fourth-order valence-electron chi connectivity index (χ4n) is 3.13. The molecule has 0 aliphatic carbocycles. The first kappa shape index (κ1) is 18.5. The lowest BCUT2D eigenvalue weighted by atomic mass is 10.1. The molecule has 1 saturated heterocycles. The Morgan fingerprint density at radius 1 is 1.31 bits per heavy atom. The highest BCUT2D eigenvalue weighted by molar-refractivity contribution is 7.91. The van der Waals surface area contributed by atoms with Crippen LogP contribution in [0.15, 0.2) is 29.4 Å². The number of carbonyl (C=O) groups is 2. The molecule has 2 amide bonds. The van der Waals surface area contributed by atoms with E-state index in [-0.39, 0.29) is 54.2 Å². The minimum absolute atomic E-state index is 0.0325. The summed E-state index contributed by atoms with van der Waals surface area (Å²) in [5.74, 6) is -1.02. The summed E-state index contributed by atoms with van der Waals surface area (Å²) >= 11 is 0. The number of benzene rings is 1. The van der Waals surface area contributed by atoms with Gasteiger partial charge in [0.1, 0.15) is 11.5 Å². The quantitative estimate of drug-likeness (QED) is 0.777. The van der Waals surface area contributed by atoms with E-state index in [1.54, 1.807) is 19.2 Å². The number of rotatable bonds is 4. The molecule has 140 valence electrons. The zero-order chi connectivity index (χ0) is 18.9. The molecular weight excluding hydrogens is 361 g/mol. The average Bonchev–Trinajstić information content (AvgIpc) is 2.96. The molecule has 1 fully saturated rings. The predicted molar refractivity (Wildman–Crippen MR) is 93.4 cm³/mol. The van der Waals surface area contributed by atoms with E-state index in [2.05, 4.69) is 5.10 Å². The standard InChI is InChI=1S/C17H20FN3O4S/c1-20(10-12-2-4-13(18)5-3-12)17(23)15-6-7-16(22)21(19-15)14-8-9-26(24,25)11-14/h2-5,14H,6-11H2,1H3. The van der Waals surface area contributed by atoms with Gasteiger partial charge in [-0.1, -0.05) is 12.1 Å². The Kier molecular flexibility index (Phi) is 5.08. The second-order valence-electron chi connectivity index (χ2n) is 6.63. The van der Waals surface area contributed by atoms with Crippen molar-refractivity contribution in [2.24, 2.45) is 5.10 Å². The predicted octanol–water partition coefficient (Wildman–Crippen LogP) is 0.950. The van der Waals surface area contributed by atoms with Gasteiger partial charge in [-0.3, -0.25) is 9.59 Å². The van der Waals surface area contributed by atoms with Gasteiger partial charge in [-0.15, -0.1) is 0 Å². The van der Waals surface area contributed by atoms with Gasteiger partial charge in [0.15, 0.2) is 9.84 Å². The van der Waals surface area contributed by atoms with Crippen molar-refractivity contribution in [3.63, 3.8) is 0 Å². The van der Waals surface area contributed by atoms with E-state index in [4.69, 9.17) is 0 Å². The molecule has 1 unspecified atom stereocenters. The molecule has 9 heteroatoms. The van der Waals surface area contributed by atoms with E-state index in [1.165, 1.54) is 22.0 Å². The molecule has 0 aromatic heterocycles. The molecule has 3 rings (SSSR count). The molecule has 7 nitrogen and oxygen atoms in total. The molecule has 1 aromatic rings. The van der Waals surface area contributed by atoms with E-state index in [0.29, 0.717) is 6.42 Å². The second-order valence-corrected chi connectivity index (χ2v) is 8.86. The summed E-state index contributed by atoms with van der Waals surface area (Å²) < 4.78 is 36.3. The van der Waals surface area contributed by atoms with E-state index in [1.807, 2.05) is 0 Å². The highest BCUT2D eigenvalue weighted by Crippen LogP contribution is 2.22. The van der Waals surface area contributed by atoms with Crippen molar-refractivity contribution in [2.75, 3.05) is 18.6 Å². The Morgan fingerprint density at radius 3 is 2.62 bits per heavy atom. The summed E-state index contributed by atoms with van der Waals surface area (Å²) in [5, 5.41) is 5.35. The van der Waals surface area contributed by atoms with E-state index in [9.17, 15) is 22.4 Å². The van der Waals surface area contributed by atoms with Gasteiger partial charge in [-0.2, -0.15) is 5.10 Å². The maximum Gasteiger partial charge on any atom is 0.270 e. The molecule has 0 radical (unpaired) electrons. The van der Waals surface area contributed by atoms with Gasteiger partial charge in [0.05, 0.1) is 17.5 Å². The summed E-state index contributed by atoms with van der Waals surface area (Å²) in [4.78, 5) is 26.2. The molecule has 2 aliphatic rings. The van der Waals surface area contributed by atoms with Crippen molar-refractivity contribution >= 4 is 27.4 Å². The summed E-state index contributed by atoms with van der Waals surface area (Å²) in [6, 6.07) is 5.35. The molecular formula is C17H20FN3O4S. The van der Waals surface area contributed by atoms with Crippen LogP contribution in [0.25, 0.3) is 0 Å². The molecule has 0 spiro atoms. The van der Waals surface area contributed by atoms with Crippen LogP contribution in [0.2, 0.25) is 0 Å². The van der Waals surface area contributed by atoms with E-state index < -0.39 is 15.9 Å². The monoisotopic (exact) mass is 381 g/mol. The minimum atomic E-state index is -3.16. The topological polar surface area (TPSA) is 87.1 Å². The van der Waals surface area contributed by atoms with Gasteiger partial charge >= 0.3 is 0 Å². The Hall–Kier alpha value is -2.29. The Morgan fingerprint density at radius 2 is 2.00 bits per heavy atom. The molecule has 26 heavy (non-hydrogen) atoms. The van der Waals surface area contributed by atoms with Crippen molar-refractivity contribution in [2.45, 2.75) is 31.8 Å². The second kappa shape index (κ2) is 7.14. The van der Waals surface area contributed by atoms with Gasteiger partial charge in [-0.25, -0.2) is 17.8 Å². The Labute approximate surface area is 151 Å². The number of halogens is 1. The van der Waals surface area contributed by atoms with Crippen LogP contribution in [-0.4, -0.2) is 60.4 Å². The van der Waals surface area contributed by atoms with Crippen LogP contribution >= 0.6 is 0 Å². The lowest BCUT2D eigenvalue weighted by molar-refractivity contribution is -0.134. The number of sulfone groups is 1. The normalized spacial score (nSPS) is 22.2. The number of hydrogen-bond donors (Lipinski definition) is 0. The smallest absolute Gasteiger partial charge is 0.270 e. The van der Waals surface area contributed by atoms with Crippen molar-refractivity contribution in [1.29, 1.82) is 0 Å². The van der Waals surface area contributed by atoms with Gasteiger partial charge in [0.25, 0.3) is 5.91 Å². The van der Waals surface area contributed by atoms with Crippen molar-refractivity contribution in [3.05, 3.63) is 35.6 Å². The number of carbonyl (C=O) groups excluding carboxylic acids is 2. The van der Waals surface area contributed by atoms with Crippen LogP contribution in [0, 0.1) is 5.82 Å². The maximum atomic E-state index is 13.0. The fraction of sp³-hybridized carbons (Fsp3) is 0.471. The third-order valence-corrected chi connectivity index (χ3v) is 6.29. The van der Waals surface area contributed by atoms with E-state index >= 15 is 0 Å². The van der Waals surface area contributed by atoms with Crippen molar-refractivity contribution in [3.8, 4) is 0 Å². The Bertz CT molecular complexity index is 851. The molecule has 1 aromatic carbocycles. The molecule has 1 atom stereocenters. The highest BCUT2D eigenvalue weighted by Gasteiger charge is 2.37. The SMILES string of the molecule is CN(Cc1ccc(F)cc1)C(=O)C1=NN(C2CCS(=O)(=O)C2)C(=O)CC1. The van der Waals surface area contributed by atoms with Crippen molar-refractivity contribution < 1.29 is 22.4 Å². The summed E-state index contributed by atoms with van der Waals surface area (Å²) in [7, 11) is -1.55. The van der Waals surface area contributed by atoms with Crippen LogP contribution in [0.1, 0.15) is 24.8 Å². The summed E-state index contributed by atoms with van der Waals surface area (Å²) in [6.07, 6.45) is 0.692. The van der Waals surface area contributed by atoms with Gasteiger partial charge in [-0.05, 0) is 24.1 Å². The fourth-order valence-corrected chi connectivity index (χ4v) is 4.83. The molecule has 2 heterocycles. The molecule has 0 N–H and O–H groups in total. The number of nitrogens with zero attached hydrogens (tertiary/aromatic N) is 3. The van der Waals surface area contributed by atoms with Crippen LogP contribution < -0.4 is 0 Å². The average molecular weight is 381 g/mol. The van der Waals surface area contributed by atoms with Gasteiger partial charge < -0.3 is 4.90 Å². The zero-order valence-corrected chi connectivity index (χ0v) is 15.2. The first-order chi connectivity index (χ1) is 12.2. The lowest BCUT2D eigenvalue weighted by Gasteiger charge is -2.29. The summed E-state index contributed by atoms with van der Waals surface area (Å²) in [5.41, 5.74) is 1.01. The Balaban J connectivity index is 1.72. The van der Waals surface area contributed by atoms with Gasteiger partial charge in [0.2, 0.25) is 5.91 Å². The first-order valence-electron chi connectivity index (χ1n) is 8.35. The minimum Gasteiger partial charge on any atom is -0.336 e.